The van der Waals surface area contributed by atoms with Gasteiger partial charge in [-0.1, -0.05) is 17.7 Å². The van der Waals surface area contributed by atoms with Crippen molar-refractivity contribution in [2.45, 2.75) is 38.5 Å². The van der Waals surface area contributed by atoms with Crippen molar-refractivity contribution in [3.63, 3.8) is 0 Å². The number of fused-ring (bicyclic) bond motifs is 1. The summed E-state index contributed by atoms with van der Waals surface area (Å²) in [6.07, 6.45) is 6.35. The van der Waals surface area contributed by atoms with Gasteiger partial charge in [-0.05, 0) is 56.7 Å². The first-order chi connectivity index (χ1) is 12.2. The van der Waals surface area contributed by atoms with Gasteiger partial charge in [0.15, 0.2) is 5.13 Å². The van der Waals surface area contributed by atoms with Gasteiger partial charge in [-0.2, -0.15) is 0 Å². The fourth-order valence-electron chi connectivity index (χ4n) is 3.69. The number of thiazole rings is 1. The van der Waals surface area contributed by atoms with Crippen molar-refractivity contribution in [2.24, 2.45) is 5.92 Å². The van der Waals surface area contributed by atoms with Gasteiger partial charge in [0.1, 0.15) is 0 Å². The molecule has 1 aromatic heterocycles. The number of piperidine rings is 1. The third kappa shape index (κ3) is 3.82. The van der Waals surface area contributed by atoms with Gasteiger partial charge in [-0.3, -0.25) is 4.79 Å². The van der Waals surface area contributed by atoms with Crippen LogP contribution in [0.5, 0.6) is 0 Å². The summed E-state index contributed by atoms with van der Waals surface area (Å²) in [6.45, 7) is 1.76. The van der Waals surface area contributed by atoms with Gasteiger partial charge in [0.05, 0.1) is 5.69 Å². The molecule has 4 nitrogen and oxygen atoms in total. The molecule has 1 saturated heterocycles. The number of carbonyl (C=O) groups excluding carboxylic acids is 1. The van der Waals surface area contributed by atoms with E-state index in [1.54, 1.807) is 11.3 Å². The van der Waals surface area contributed by atoms with Crippen LogP contribution in [0.1, 0.15) is 36.3 Å². The van der Waals surface area contributed by atoms with Gasteiger partial charge in [-0.25, -0.2) is 4.98 Å². The fraction of sp³-hybridized carbons (Fsp3) is 0.474. The van der Waals surface area contributed by atoms with Crippen molar-refractivity contribution in [1.82, 2.24) is 4.98 Å². The molecule has 2 aliphatic rings. The van der Waals surface area contributed by atoms with Gasteiger partial charge >= 0.3 is 0 Å². The van der Waals surface area contributed by atoms with Crippen LogP contribution in [0.4, 0.5) is 10.8 Å². The standard InChI is InChI=1S/C19H22ClN3OS/c20-14-4-3-5-15(12-14)23-10-8-13(9-11-23)18(24)22-19-21-16-6-1-2-7-17(16)25-19/h3-5,12-13H,1-2,6-11H2,(H,21,22,24). The minimum atomic E-state index is 0.0661. The first-order valence-corrected chi connectivity index (χ1v) is 10.2. The molecule has 132 valence electrons. The molecule has 0 radical (unpaired) electrons. The van der Waals surface area contributed by atoms with Crippen molar-refractivity contribution in [3.8, 4) is 0 Å². The van der Waals surface area contributed by atoms with E-state index in [2.05, 4.69) is 21.3 Å². The normalized spacial score (nSPS) is 18.0. The van der Waals surface area contributed by atoms with Crippen molar-refractivity contribution >= 4 is 39.7 Å². The zero-order chi connectivity index (χ0) is 17.2. The molecule has 1 amide bonds. The number of amides is 1. The first kappa shape index (κ1) is 16.9. The van der Waals surface area contributed by atoms with Crippen molar-refractivity contribution in [1.29, 1.82) is 0 Å². The van der Waals surface area contributed by atoms with Crippen LogP contribution in [0.25, 0.3) is 0 Å². The predicted molar refractivity (Wildman–Crippen MR) is 104 cm³/mol. The quantitative estimate of drug-likeness (QED) is 0.857. The molecule has 0 unspecified atom stereocenters. The Hall–Kier alpha value is -1.59. The van der Waals surface area contributed by atoms with E-state index in [4.69, 9.17) is 11.6 Å². The van der Waals surface area contributed by atoms with Gasteiger partial charge in [0.25, 0.3) is 0 Å². The van der Waals surface area contributed by atoms with E-state index in [1.807, 2.05) is 18.2 Å². The number of aryl methyl sites for hydroxylation is 2. The number of carbonyl (C=O) groups is 1. The van der Waals surface area contributed by atoms with E-state index >= 15 is 0 Å². The van der Waals surface area contributed by atoms with Gasteiger partial charge in [-0.15, -0.1) is 11.3 Å². The van der Waals surface area contributed by atoms with Crippen LogP contribution < -0.4 is 10.2 Å². The van der Waals surface area contributed by atoms with Crippen molar-refractivity contribution in [3.05, 3.63) is 39.9 Å². The van der Waals surface area contributed by atoms with E-state index in [1.165, 1.54) is 23.4 Å². The van der Waals surface area contributed by atoms with E-state index in [0.717, 1.165) is 54.6 Å². The molecule has 0 saturated carbocycles. The molecule has 0 spiro atoms. The summed E-state index contributed by atoms with van der Waals surface area (Å²) in [5, 5.41) is 4.60. The number of rotatable bonds is 3. The number of nitrogens with zero attached hydrogens (tertiary/aromatic N) is 2. The lowest BCUT2D eigenvalue weighted by Gasteiger charge is -2.32. The highest BCUT2D eigenvalue weighted by Crippen LogP contribution is 2.31. The molecule has 25 heavy (non-hydrogen) atoms. The fourth-order valence-corrected chi connectivity index (χ4v) is 4.92. The second kappa shape index (κ2) is 7.34. The van der Waals surface area contributed by atoms with Crippen LogP contribution in [-0.4, -0.2) is 24.0 Å². The number of hydrogen-bond acceptors (Lipinski definition) is 4. The zero-order valence-electron chi connectivity index (χ0n) is 14.1. The molecular weight excluding hydrogens is 354 g/mol. The summed E-state index contributed by atoms with van der Waals surface area (Å²) in [6, 6.07) is 7.92. The second-order valence-corrected chi connectivity index (χ2v) is 8.35. The maximum absolute atomic E-state index is 12.6. The Balaban J connectivity index is 1.34. The summed E-state index contributed by atoms with van der Waals surface area (Å²) in [5.74, 6) is 0.188. The first-order valence-electron chi connectivity index (χ1n) is 8.99. The Morgan fingerprint density at radius 3 is 2.80 bits per heavy atom. The van der Waals surface area contributed by atoms with Gasteiger partial charge in [0.2, 0.25) is 5.91 Å². The molecule has 2 aromatic rings. The third-order valence-corrected chi connectivity index (χ3v) is 6.42. The second-order valence-electron chi connectivity index (χ2n) is 6.83. The van der Waals surface area contributed by atoms with Crippen molar-refractivity contribution < 1.29 is 4.79 Å². The lowest BCUT2D eigenvalue weighted by atomic mass is 9.95. The van der Waals surface area contributed by atoms with Crippen LogP contribution in [0, 0.1) is 5.92 Å². The highest BCUT2D eigenvalue weighted by Gasteiger charge is 2.26. The van der Waals surface area contributed by atoms with Crippen LogP contribution >= 0.6 is 22.9 Å². The molecule has 1 aromatic carbocycles. The van der Waals surface area contributed by atoms with Crippen LogP contribution in [-0.2, 0) is 17.6 Å². The predicted octanol–water partition coefficient (Wildman–Crippen LogP) is 4.53. The summed E-state index contributed by atoms with van der Waals surface area (Å²) in [7, 11) is 0. The maximum Gasteiger partial charge on any atom is 0.229 e. The number of hydrogen-bond donors (Lipinski definition) is 1. The van der Waals surface area contributed by atoms with Gasteiger partial charge < -0.3 is 10.2 Å². The molecule has 6 heteroatoms. The molecule has 0 bridgehead atoms. The minimum Gasteiger partial charge on any atom is -0.371 e. The van der Waals surface area contributed by atoms with Crippen LogP contribution in [0.3, 0.4) is 0 Å². The van der Waals surface area contributed by atoms with Crippen molar-refractivity contribution in [2.75, 3.05) is 23.3 Å². The lowest BCUT2D eigenvalue weighted by molar-refractivity contribution is -0.120. The Kier molecular flexibility index (Phi) is 4.95. The van der Waals surface area contributed by atoms with E-state index in [-0.39, 0.29) is 11.8 Å². The monoisotopic (exact) mass is 375 g/mol. The molecular formula is C19H22ClN3OS. The molecule has 2 heterocycles. The number of benzene rings is 1. The molecule has 1 N–H and O–H groups in total. The van der Waals surface area contributed by atoms with Crippen LogP contribution in [0.2, 0.25) is 5.02 Å². The van der Waals surface area contributed by atoms with E-state index < -0.39 is 0 Å². The number of anilines is 2. The molecule has 1 aliphatic heterocycles. The van der Waals surface area contributed by atoms with E-state index in [0.29, 0.717) is 0 Å². The molecule has 0 atom stereocenters. The average molecular weight is 376 g/mol. The highest BCUT2D eigenvalue weighted by molar-refractivity contribution is 7.15. The summed E-state index contributed by atoms with van der Waals surface area (Å²) in [5.41, 5.74) is 2.33. The minimum absolute atomic E-state index is 0.0661. The van der Waals surface area contributed by atoms with E-state index in [9.17, 15) is 4.79 Å². The smallest absolute Gasteiger partial charge is 0.229 e. The maximum atomic E-state index is 12.6. The summed E-state index contributed by atoms with van der Waals surface area (Å²) >= 11 is 7.74. The highest BCUT2D eigenvalue weighted by atomic mass is 35.5. The Morgan fingerprint density at radius 1 is 1.24 bits per heavy atom. The largest absolute Gasteiger partial charge is 0.371 e. The summed E-state index contributed by atoms with van der Waals surface area (Å²) in [4.78, 5) is 20.9. The molecule has 4 rings (SSSR count). The Labute approximate surface area is 157 Å². The van der Waals surface area contributed by atoms with Gasteiger partial charge in [0, 0.05) is 34.6 Å². The number of aromatic nitrogens is 1. The summed E-state index contributed by atoms with van der Waals surface area (Å²) < 4.78 is 0. The molecule has 1 fully saturated rings. The lowest BCUT2D eigenvalue weighted by Crippen LogP contribution is -2.38. The number of halogens is 1. The third-order valence-electron chi connectivity index (χ3n) is 5.11. The average Bonchev–Trinajstić information content (AvgIpc) is 3.04. The number of nitrogens with one attached hydrogen (secondary N) is 1. The van der Waals surface area contributed by atoms with Crippen LogP contribution in [0.15, 0.2) is 24.3 Å². The Bertz CT molecular complexity index is 744. The SMILES string of the molecule is O=C(Nc1nc2c(s1)CCCC2)C1CCN(c2cccc(Cl)c2)CC1. The topological polar surface area (TPSA) is 45.2 Å². The zero-order valence-corrected chi connectivity index (χ0v) is 15.7. The molecule has 1 aliphatic carbocycles. The Morgan fingerprint density at radius 2 is 2.04 bits per heavy atom.